The third kappa shape index (κ3) is 3.52. The number of sulfonamides is 1. The van der Waals surface area contributed by atoms with Crippen molar-refractivity contribution in [3.05, 3.63) is 59.1 Å². The van der Waals surface area contributed by atoms with Crippen molar-refractivity contribution in [1.82, 2.24) is 9.21 Å². The van der Waals surface area contributed by atoms with E-state index in [4.69, 9.17) is 16.3 Å². The average molecular weight is 435 g/mol. The molecule has 2 heterocycles. The summed E-state index contributed by atoms with van der Waals surface area (Å²) in [6.45, 7) is 1.52. The Kier molecular flexibility index (Phi) is 5.31. The highest BCUT2D eigenvalue weighted by Gasteiger charge is 2.54. The van der Waals surface area contributed by atoms with Gasteiger partial charge in [-0.05, 0) is 54.8 Å². The molecule has 0 bridgehead atoms. The zero-order valence-electron chi connectivity index (χ0n) is 16.1. The monoisotopic (exact) mass is 434 g/mol. The molecule has 2 saturated heterocycles. The summed E-state index contributed by atoms with van der Waals surface area (Å²) in [5.74, 6) is 0.621. The van der Waals surface area contributed by atoms with Crippen LogP contribution in [0.3, 0.4) is 0 Å². The van der Waals surface area contributed by atoms with E-state index < -0.39 is 10.0 Å². The van der Waals surface area contributed by atoms with Crippen LogP contribution in [0.4, 0.5) is 0 Å². The maximum absolute atomic E-state index is 13.0. The summed E-state index contributed by atoms with van der Waals surface area (Å²) in [6, 6.07) is 14.0. The Hall–Kier alpha value is -2.09. The van der Waals surface area contributed by atoms with Gasteiger partial charge in [-0.15, -0.1) is 0 Å². The molecule has 1 spiro atoms. The number of rotatable bonds is 5. The van der Waals surface area contributed by atoms with Gasteiger partial charge in [-0.25, -0.2) is 8.42 Å². The quantitative estimate of drug-likeness (QED) is 0.677. The van der Waals surface area contributed by atoms with Gasteiger partial charge in [0.15, 0.2) is 0 Å². The molecule has 0 aromatic heterocycles. The summed E-state index contributed by atoms with van der Waals surface area (Å²) in [4.78, 5) is 13.6. The first-order valence-corrected chi connectivity index (χ1v) is 11.3. The number of likely N-dealkylation sites (tertiary alicyclic amines) is 1. The van der Waals surface area contributed by atoms with Gasteiger partial charge in [0, 0.05) is 30.1 Å². The summed E-state index contributed by atoms with van der Waals surface area (Å²) >= 11 is 6.01. The molecule has 2 aromatic rings. The highest BCUT2D eigenvalue weighted by molar-refractivity contribution is 7.89. The minimum atomic E-state index is -3.55. The number of hydrogen-bond donors (Lipinski definition) is 0. The second kappa shape index (κ2) is 7.63. The Bertz CT molecular complexity index is 984. The first-order valence-electron chi connectivity index (χ1n) is 9.50. The molecular weight excluding hydrogens is 412 g/mol. The lowest BCUT2D eigenvalue weighted by atomic mass is 9.63. The molecule has 0 aliphatic carbocycles. The number of carbonyl (C=O) groups is 1. The van der Waals surface area contributed by atoms with Crippen LogP contribution in [0.25, 0.3) is 0 Å². The topological polar surface area (TPSA) is 66.9 Å². The highest BCUT2D eigenvalue weighted by Crippen LogP contribution is 2.54. The van der Waals surface area contributed by atoms with Gasteiger partial charge < -0.3 is 9.64 Å². The van der Waals surface area contributed by atoms with Crippen LogP contribution < -0.4 is 4.74 Å². The fourth-order valence-corrected chi connectivity index (χ4v) is 6.14. The molecule has 1 amide bonds. The van der Waals surface area contributed by atoms with Crippen LogP contribution in [0.2, 0.25) is 5.02 Å². The Labute approximate surface area is 176 Å². The van der Waals surface area contributed by atoms with Gasteiger partial charge in [0.1, 0.15) is 5.75 Å². The maximum atomic E-state index is 13.0. The molecule has 1 atom stereocenters. The minimum absolute atomic E-state index is 0.0388. The SMILES string of the molecule is COc1ccc(S(=O)(=O)N2CCC3(CC2)CN(C=O)C3c2ccc(Cl)cc2)cc1. The molecule has 2 aromatic carbocycles. The third-order valence-corrected chi connectivity index (χ3v) is 8.31. The molecule has 2 aliphatic heterocycles. The van der Waals surface area contributed by atoms with Crippen LogP contribution in [0.1, 0.15) is 24.4 Å². The number of piperidine rings is 1. The van der Waals surface area contributed by atoms with E-state index in [0.717, 1.165) is 12.0 Å². The number of hydrogen-bond acceptors (Lipinski definition) is 4. The van der Waals surface area contributed by atoms with E-state index in [1.807, 2.05) is 24.3 Å². The summed E-state index contributed by atoms with van der Waals surface area (Å²) in [6.07, 6.45) is 2.30. The van der Waals surface area contributed by atoms with Crippen LogP contribution in [0.15, 0.2) is 53.4 Å². The molecule has 0 saturated carbocycles. The van der Waals surface area contributed by atoms with Crippen molar-refractivity contribution >= 4 is 28.0 Å². The average Bonchev–Trinajstić information content (AvgIpc) is 2.74. The second-order valence-electron chi connectivity index (χ2n) is 7.67. The van der Waals surface area contributed by atoms with Gasteiger partial charge in [0.2, 0.25) is 16.4 Å². The van der Waals surface area contributed by atoms with Crippen LogP contribution in [0.5, 0.6) is 5.75 Å². The van der Waals surface area contributed by atoms with Crippen LogP contribution in [-0.4, -0.2) is 50.8 Å². The van der Waals surface area contributed by atoms with Crippen molar-refractivity contribution in [2.75, 3.05) is 26.7 Å². The lowest BCUT2D eigenvalue weighted by molar-refractivity contribution is -0.147. The molecule has 1 unspecified atom stereocenters. The fraction of sp³-hybridized carbons (Fsp3) is 0.381. The van der Waals surface area contributed by atoms with Crippen molar-refractivity contribution in [1.29, 1.82) is 0 Å². The van der Waals surface area contributed by atoms with E-state index in [2.05, 4.69) is 0 Å². The van der Waals surface area contributed by atoms with Crippen LogP contribution in [-0.2, 0) is 14.8 Å². The summed E-state index contributed by atoms with van der Waals surface area (Å²) in [5, 5.41) is 0.653. The number of ether oxygens (including phenoxy) is 1. The largest absolute Gasteiger partial charge is 0.497 e. The first kappa shape index (κ1) is 20.2. The normalized spacial score (nSPS) is 21.6. The summed E-state index contributed by atoms with van der Waals surface area (Å²) in [5.41, 5.74) is 0.944. The van der Waals surface area contributed by atoms with Crippen LogP contribution >= 0.6 is 11.6 Å². The Morgan fingerprint density at radius 2 is 1.69 bits per heavy atom. The Morgan fingerprint density at radius 1 is 1.07 bits per heavy atom. The van der Waals surface area contributed by atoms with Gasteiger partial charge in [0.25, 0.3) is 0 Å². The Morgan fingerprint density at radius 3 is 2.24 bits per heavy atom. The number of methoxy groups -OCH3 is 1. The maximum Gasteiger partial charge on any atom is 0.243 e. The van der Waals surface area contributed by atoms with E-state index in [0.29, 0.717) is 43.2 Å². The number of amides is 1. The second-order valence-corrected chi connectivity index (χ2v) is 10.0. The number of benzene rings is 2. The number of carbonyl (C=O) groups excluding carboxylic acids is 1. The highest BCUT2D eigenvalue weighted by atomic mass is 35.5. The van der Waals surface area contributed by atoms with E-state index in [9.17, 15) is 13.2 Å². The lowest BCUT2D eigenvalue weighted by Crippen LogP contribution is -2.61. The van der Waals surface area contributed by atoms with Crippen molar-refractivity contribution in [3.63, 3.8) is 0 Å². The van der Waals surface area contributed by atoms with E-state index >= 15 is 0 Å². The molecule has 0 radical (unpaired) electrons. The molecule has 6 nitrogen and oxygen atoms in total. The molecule has 29 heavy (non-hydrogen) atoms. The zero-order valence-corrected chi connectivity index (χ0v) is 17.7. The lowest BCUT2D eigenvalue weighted by Gasteiger charge is -2.59. The van der Waals surface area contributed by atoms with E-state index in [-0.39, 0.29) is 16.4 Å². The van der Waals surface area contributed by atoms with E-state index in [1.165, 1.54) is 0 Å². The summed E-state index contributed by atoms with van der Waals surface area (Å²) in [7, 11) is -2.00. The molecule has 154 valence electrons. The predicted octanol–water partition coefficient (Wildman–Crippen LogP) is 3.33. The van der Waals surface area contributed by atoms with Gasteiger partial charge in [-0.2, -0.15) is 4.31 Å². The van der Waals surface area contributed by atoms with Crippen molar-refractivity contribution in [3.8, 4) is 5.75 Å². The summed E-state index contributed by atoms with van der Waals surface area (Å²) < 4.78 is 32.7. The van der Waals surface area contributed by atoms with E-state index in [1.54, 1.807) is 40.6 Å². The molecule has 2 fully saturated rings. The van der Waals surface area contributed by atoms with Crippen molar-refractivity contribution in [2.24, 2.45) is 5.41 Å². The molecule has 0 N–H and O–H groups in total. The molecule has 2 aliphatic rings. The van der Waals surface area contributed by atoms with Crippen LogP contribution in [0, 0.1) is 5.41 Å². The van der Waals surface area contributed by atoms with Gasteiger partial charge in [-0.3, -0.25) is 4.79 Å². The zero-order chi connectivity index (χ0) is 20.6. The number of halogens is 1. The van der Waals surface area contributed by atoms with Gasteiger partial charge >= 0.3 is 0 Å². The molecule has 4 rings (SSSR count). The Balaban J connectivity index is 1.51. The standard InChI is InChI=1S/C21H23ClN2O4S/c1-28-18-6-8-19(9-7-18)29(26,27)24-12-10-21(11-13-24)14-23(15-25)20(21)16-2-4-17(22)5-3-16/h2-9,15,20H,10-14H2,1H3. The van der Waals surface area contributed by atoms with Crippen molar-refractivity contribution in [2.45, 2.75) is 23.8 Å². The fourth-order valence-electron chi connectivity index (χ4n) is 4.57. The molecule has 8 heteroatoms. The smallest absolute Gasteiger partial charge is 0.243 e. The van der Waals surface area contributed by atoms with Gasteiger partial charge in [0.05, 0.1) is 18.0 Å². The number of nitrogens with zero attached hydrogens (tertiary/aromatic N) is 2. The third-order valence-electron chi connectivity index (χ3n) is 6.15. The van der Waals surface area contributed by atoms with Crippen molar-refractivity contribution < 1.29 is 17.9 Å². The molecular formula is C21H23ClN2O4S. The van der Waals surface area contributed by atoms with Gasteiger partial charge in [-0.1, -0.05) is 23.7 Å². The first-order chi connectivity index (χ1) is 13.9. The predicted molar refractivity (Wildman–Crippen MR) is 110 cm³/mol. The minimum Gasteiger partial charge on any atom is -0.497 e.